The fraction of sp³-hybridized carbons (Fsp3) is 0.429. The highest BCUT2D eigenvalue weighted by atomic mass is 32.2. The van der Waals surface area contributed by atoms with Gasteiger partial charge in [0.1, 0.15) is 10.9 Å². The predicted molar refractivity (Wildman–Crippen MR) is 79.7 cm³/mol. The first-order valence-electron chi connectivity index (χ1n) is 7.08. The summed E-state index contributed by atoms with van der Waals surface area (Å²) in [5.74, 6) is 0.0678. The number of hydrogen-bond acceptors (Lipinski definition) is 5. The van der Waals surface area contributed by atoms with E-state index in [2.05, 4.69) is 9.88 Å². The Hall–Kier alpha value is -1.93. The fourth-order valence-corrected chi connectivity index (χ4v) is 4.14. The van der Waals surface area contributed by atoms with Crippen LogP contribution in [0.1, 0.15) is 24.8 Å². The van der Waals surface area contributed by atoms with E-state index in [4.69, 9.17) is 4.84 Å². The van der Waals surface area contributed by atoms with Crippen molar-refractivity contribution in [2.75, 3.05) is 13.7 Å². The lowest BCUT2D eigenvalue weighted by Crippen LogP contribution is -2.51. The van der Waals surface area contributed by atoms with E-state index >= 15 is 0 Å². The van der Waals surface area contributed by atoms with E-state index in [1.54, 1.807) is 23.1 Å². The zero-order valence-corrected chi connectivity index (χ0v) is 13.0. The molecule has 0 aliphatic carbocycles. The summed E-state index contributed by atoms with van der Waals surface area (Å²) < 4.78 is 28.2. The van der Waals surface area contributed by atoms with E-state index in [1.165, 1.54) is 13.2 Å². The molecule has 1 amide bonds. The number of fused-ring (bicyclic) bond motifs is 1. The van der Waals surface area contributed by atoms with Crippen molar-refractivity contribution in [1.29, 1.82) is 0 Å². The molecule has 2 aliphatic heterocycles. The van der Waals surface area contributed by atoms with E-state index in [0.717, 1.165) is 12.8 Å². The number of sulfonamides is 1. The molecule has 22 heavy (non-hydrogen) atoms. The number of hydrogen-bond donors (Lipinski definition) is 1. The first-order valence-corrected chi connectivity index (χ1v) is 8.52. The molecule has 1 aromatic carbocycles. The molecule has 8 heteroatoms. The van der Waals surface area contributed by atoms with Crippen LogP contribution in [0.2, 0.25) is 0 Å². The summed E-state index contributed by atoms with van der Waals surface area (Å²) in [7, 11) is -2.31. The first kappa shape index (κ1) is 15.0. The maximum absolute atomic E-state index is 12.2. The quantitative estimate of drug-likeness (QED) is 0.808. The van der Waals surface area contributed by atoms with Crippen LogP contribution in [0.15, 0.2) is 33.6 Å². The molecule has 7 nitrogen and oxygen atoms in total. The minimum absolute atomic E-state index is 0.196. The normalized spacial score (nSPS) is 22.9. The van der Waals surface area contributed by atoms with Gasteiger partial charge in [0.2, 0.25) is 0 Å². The summed E-state index contributed by atoms with van der Waals surface area (Å²) in [6, 6.07) is 6.21. The number of hydroxylamine groups is 1. The number of piperidine rings is 1. The molecule has 2 aliphatic rings. The number of carbonyl (C=O) groups is 1. The average molecular weight is 323 g/mol. The molecule has 3 rings (SSSR count). The number of carbonyl (C=O) groups excluding carboxylic acids is 1. The van der Waals surface area contributed by atoms with Gasteiger partial charge in [0.05, 0.1) is 7.11 Å². The topological polar surface area (TPSA) is 88.1 Å². The molecule has 0 saturated carbocycles. The zero-order chi connectivity index (χ0) is 15.7. The van der Waals surface area contributed by atoms with Gasteiger partial charge in [-0.05, 0) is 31.4 Å². The zero-order valence-electron chi connectivity index (χ0n) is 12.2. The number of amidine groups is 1. The molecule has 0 aromatic heterocycles. The van der Waals surface area contributed by atoms with Gasteiger partial charge in [0, 0.05) is 12.1 Å². The maximum Gasteiger partial charge on any atom is 0.285 e. The number of nitrogens with one attached hydrogen (secondary N) is 1. The third-order valence-electron chi connectivity index (χ3n) is 3.89. The van der Waals surface area contributed by atoms with Crippen LogP contribution in [0, 0.1) is 0 Å². The van der Waals surface area contributed by atoms with Crippen molar-refractivity contribution in [1.82, 2.24) is 10.4 Å². The Morgan fingerprint density at radius 2 is 2.14 bits per heavy atom. The highest BCUT2D eigenvalue weighted by molar-refractivity contribution is 7.90. The van der Waals surface area contributed by atoms with Gasteiger partial charge in [0.25, 0.3) is 15.9 Å². The average Bonchev–Trinajstić information content (AvgIpc) is 2.80. The van der Waals surface area contributed by atoms with Crippen molar-refractivity contribution in [3.8, 4) is 0 Å². The standard InChI is InChI=1S/C14H17N3O4S/c1-21-15-14(18)11-7-4-5-9-17(11)13-10-6-2-3-8-12(10)22(19,20)16-13/h2-3,6,8,11H,4-5,7,9H2,1H3,(H,15,18). The number of amides is 1. The summed E-state index contributed by atoms with van der Waals surface area (Å²) in [5.41, 5.74) is 2.88. The molecular formula is C14H17N3O4S. The molecule has 0 spiro atoms. The Bertz CT molecular complexity index is 729. The third-order valence-corrected chi connectivity index (χ3v) is 5.22. The SMILES string of the molecule is CONC(=O)C1CCCCN1C1=NS(=O)(=O)c2ccccc21. The van der Waals surface area contributed by atoms with E-state index in [-0.39, 0.29) is 10.8 Å². The second-order valence-electron chi connectivity index (χ2n) is 5.26. The van der Waals surface area contributed by atoms with Crippen LogP contribution in [0.3, 0.4) is 0 Å². The number of likely N-dealkylation sites (tertiary alicyclic amines) is 1. The predicted octanol–water partition coefficient (Wildman–Crippen LogP) is 0.668. The van der Waals surface area contributed by atoms with Crippen LogP contribution < -0.4 is 5.48 Å². The van der Waals surface area contributed by atoms with Crippen molar-refractivity contribution in [3.05, 3.63) is 29.8 Å². The highest BCUT2D eigenvalue weighted by Gasteiger charge is 2.37. The highest BCUT2D eigenvalue weighted by Crippen LogP contribution is 2.30. The van der Waals surface area contributed by atoms with Crippen molar-refractivity contribution < 1.29 is 18.0 Å². The second-order valence-corrected chi connectivity index (χ2v) is 6.83. The van der Waals surface area contributed by atoms with Gasteiger partial charge in [-0.15, -0.1) is 4.40 Å². The van der Waals surface area contributed by atoms with Crippen LogP contribution in [-0.4, -0.2) is 44.8 Å². The van der Waals surface area contributed by atoms with Gasteiger partial charge in [-0.1, -0.05) is 12.1 Å². The molecule has 0 radical (unpaired) electrons. The molecule has 0 bridgehead atoms. The lowest BCUT2D eigenvalue weighted by atomic mass is 10.00. The molecule has 1 unspecified atom stereocenters. The molecule has 118 valence electrons. The van der Waals surface area contributed by atoms with Gasteiger partial charge >= 0.3 is 0 Å². The first-order chi connectivity index (χ1) is 10.5. The monoisotopic (exact) mass is 323 g/mol. The molecule has 1 aromatic rings. The maximum atomic E-state index is 12.2. The van der Waals surface area contributed by atoms with Crippen LogP contribution >= 0.6 is 0 Å². The van der Waals surface area contributed by atoms with Crippen molar-refractivity contribution in [3.63, 3.8) is 0 Å². The Labute approximate surface area is 129 Å². The van der Waals surface area contributed by atoms with E-state index in [9.17, 15) is 13.2 Å². The van der Waals surface area contributed by atoms with Crippen LogP contribution in [0.25, 0.3) is 0 Å². The second kappa shape index (κ2) is 5.69. The van der Waals surface area contributed by atoms with Crippen LogP contribution in [0.4, 0.5) is 0 Å². The van der Waals surface area contributed by atoms with Gasteiger partial charge in [-0.3, -0.25) is 9.63 Å². The van der Waals surface area contributed by atoms with Gasteiger partial charge in [-0.25, -0.2) is 5.48 Å². The minimum Gasteiger partial charge on any atom is -0.343 e. The van der Waals surface area contributed by atoms with Crippen molar-refractivity contribution in [2.45, 2.75) is 30.2 Å². The summed E-state index contributed by atoms with van der Waals surface area (Å²) in [6.45, 7) is 0.588. The summed E-state index contributed by atoms with van der Waals surface area (Å²) in [5, 5.41) is 0. The molecular weight excluding hydrogens is 306 g/mol. The summed E-state index contributed by atoms with van der Waals surface area (Å²) >= 11 is 0. The van der Waals surface area contributed by atoms with Crippen molar-refractivity contribution >= 4 is 21.8 Å². The van der Waals surface area contributed by atoms with Crippen molar-refractivity contribution in [2.24, 2.45) is 4.40 Å². The Balaban J connectivity index is 2.00. The third kappa shape index (κ3) is 2.48. The Morgan fingerprint density at radius 3 is 2.91 bits per heavy atom. The molecule has 1 fully saturated rings. The number of rotatable bonds is 2. The molecule has 1 N–H and O–H groups in total. The van der Waals surface area contributed by atoms with E-state index in [0.29, 0.717) is 24.4 Å². The van der Waals surface area contributed by atoms with Crippen LogP contribution in [-0.2, 0) is 19.7 Å². The number of nitrogens with zero attached hydrogens (tertiary/aromatic N) is 2. The molecule has 1 saturated heterocycles. The number of benzene rings is 1. The van der Waals surface area contributed by atoms with Crippen LogP contribution in [0.5, 0.6) is 0 Å². The molecule has 2 heterocycles. The summed E-state index contributed by atoms with van der Waals surface area (Å²) in [6.07, 6.45) is 2.43. The Morgan fingerprint density at radius 1 is 1.36 bits per heavy atom. The van der Waals surface area contributed by atoms with Gasteiger partial charge in [0.15, 0.2) is 5.84 Å². The largest absolute Gasteiger partial charge is 0.343 e. The lowest BCUT2D eigenvalue weighted by Gasteiger charge is -2.35. The Kier molecular flexibility index (Phi) is 3.88. The van der Waals surface area contributed by atoms with E-state index in [1.807, 2.05) is 0 Å². The van der Waals surface area contributed by atoms with Gasteiger partial charge in [-0.2, -0.15) is 8.42 Å². The lowest BCUT2D eigenvalue weighted by molar-refractivity contribution is -0.136. The summed E-state index contributed by atoms with van der Waals surface area (Å²) in [4.78, 5) is 18.8. The minimum atomic E-state index is -3.68. The molecule has 1 atom stereocenters. The smallest absolute Gasteiger partial charge is 0.285 e. The van der Waals surface area contributed by atoms with Gasteiger partial charge < -0.3 is 4.90 Å². The fourth-order valence-electron chi connectivity index (χ4n) is 2.92. The van der Waals surface area contributed by atoms with E-state index < -0.39 is 16.1 Å².